The zero-order chi connectivity index (χ0) is 21.3. The molecule has 1 atom stereocenters. The molecule has 30 heavy (non-hydrogen) atoms. The second-order valence-corrected chi connectivity index (χ2v) is 9.20. The second-order valence-electron chi connectivity index (χ2n) is 7.19. The number of amides is 2. The van der Waals surface area contributed by atoms with Gasteiger partial charge in [-0.15, -0.1) is 0 Å². The SMILES string of the molecule is CS(=O)(=O)c1cccc(NC(=O)C2Cc3ccccc3CN2C(=O)c2ccco2)c1. The molecule has 1 N–H and O–H groups in total. The van der Waals surface area contributed by atoms with Crippen molar-refractivity contribution in [2.24, 2.45) is 0 Å². The van der Waals surface area contributed by atoms with E-state index in [1.165, 1.54) is 23.3 Å². The van der Waals surface area contributed by atoms with Crippen LogP contribution in [0.25, 0.3) is 0 Å². The molecule has 0 fully saturated rings. The van der Waals surface area contributed by atoms with Gasteiger partial charge in [0.05, 0.1) is 11.2 Å². The molecular weight excluding hydrogens is 404 g/mol. The number of sulfone groups is 1. The predicted octanol–water partition coefficient (Wildman–Crippen LogP) is 2.89. The molecule has 1 aliphatic rings. The summed E-state index contributed by atoms with van der Waals surface area (Å²) < 4.78 is 28.9. The number of nitrogens with one attached hydrogen (secondary N) is 1. The third kappa shape index (κ3) is 3.99. The van der Waals surface area contributed by atoms with Crippen molar-refractivity contribution in [3.8, 4) is 0 Å². The quantitative estimate of drug-likeness (QED) is 0.695. The number of fused-ring (bicyclic) bond motifs is 1. The van der Waals surface area contributed by atoms with E-state index in [4.69, 9.17) is 4.42 Å². The van der Waals surface area contributed by atoms with Gasteiger partial charge in [0, 0.05) is 24.9 Å². The van der Waals surface area contributed by atoms with Gasteiger partial charge in [0.15, 0.2) is 15.6 Å². The second kappa shape index (κ2) is 7.79. The Labute approximate surface area is 174 Å². The summed E-state index contributed by atoms with van der Waals surface area (Å²) in [7, 11) is -3.41. The number of benzene rings is 2. The fourth-order valence-corrected chi connectivity index (χ4v) is 4.21. The molecule has 0 saturated carbocycles. The third-order valence-electron chi connectivity index (χ3n) is 5.07. The molecule has 2 aromatic carbocycles. The van der Waals surface area contributed by atoms with Crippen LogP contribution in [0.4, 0.5) is 5.69 Å². The van der Waals surface area contributed by atoms with E-state index >= 15 is 0 Å². The van der Waals surface area contributed by atoms with E-state index in [0.29, 0.717) is 12.1 Å². The van der Waals surface area contributed by atoms with Gasteiger partial charge in [-0.3, -0.25) is 9.59 Å². The van der Waals surface area contributed by atoms with Gasteiger partial charge in [0.25, 0.3) is 5.91 Å². The average molecular weight is 424 g/mol. The molecule has 2 amide bonds. The summed E-state index contributed by atoms with van der Waals surface area (Å²) in [5.74, 6) is -0.610. The van der Waals surface area contributed by atoms with Gasteiger partial charge in [-0.05, 0) is 41.5 Å². The molecule has 1 unspecified atom stereocenters. The van der Waals surface area contributed by atoms with Crippen molar-refractivity contribution < 1.29 is 22.4 Å². The van der Waals surface area contributed by atoms with Gasteiger partial charge in [0.2, 0.25) is 5.91 Å². The molecule has 0 radical (unpaired) electrons. The van der Waals surface area contributed by atoms with Gasteiger partial charge in [0.1, 0.15) is 6.04 Å². The summed E-state index contributed by atoms with van der Waals surface area (Å²) >= 11 is 0. The van der Waals surface area contributed by atoms with Gasteiger partial charge in [-0.2, -0.15) is 0 Å². The number of carbonyl (C=O) groups excluding carboxylic acids is 2. The molecule has 0 aliphatic carbocycles. The minimum absolute atomic E-state index is 0.109. The van der Waals surface area contributed by atoms with E-state index in [2.05, 4.69) is 5.32 Å². The van der Waals surface area contributed by atoms with Crippen LogP contribution in [0.5, 0.6) is 0 Å². The normalized spacial score (nSPS) is 16.0. The highest BCUT2D eigenvalue weighted by Crippen LogP contribution is 2.26. The lowest BCUT2D eigenvalue weighted by molar-refractivity contribution is -0.121. The Kier molecular flexibility index (Phi) is 5.17. The summed E-state index contributed by atoms with van der Waals surface area (Å²) in [6.45, 7) is 0.275. The Morgan fingerprint density at radius 2 is 1.80 bits per heavy atom. The maximum atomic E-state index is 13.1. The van der Waals surface area contributed by atoms with Crippen molar-refractivity contribution in [2.75, 3.05) is 11.6 Å². The average Bonchev–Trinajstić information content (AvgIpc) is 3.27. The number of hydrogen-bond donors (Lipinski definition) is 1. The number of carbonyl (C=O) groups is 2. The number of rotatable bonds is 4. The number of furan rings is 1. The zero-order valence-electron chi connectivity index (χ0n) is 16.2. The van der Waals surface area contributed by atoms with E-state index in [1.807, 2.05) is 24.3 Å². The first kappa shape index (κ1) is 19.9. The van der Waals surface area contributed by atoms with Crippen LogP contribution in [0.15, 0.2) is 76.2 Å². The Hall–Kier alpha value is -3.39. The molecule has 4 rings (SSSR count). The van der Waals surface area contributed by atoms with Crippen molar-refractivity contribution >= 4 is 27.3 Å². The van der Waals surface area contributed by atoms with Crippen LogP contribution < -0.4 is 5.32 Å². The Balaban J connectivity index is 1.64. The molecule has 3 aromatic rings. The number of hydrogen-bond acceptors (Lipinski definition) is 5. The van der Waals surface area contributed by atoms with E-state index in [1.54, 1.807) is 24.3 Å². The third-order valence-corrected chi connectivity index (χ3v) is 6.18. The maximum Gasteiger partial charge on any atom is 0.290 e. The standard InChI is InChI=1S/C22H20N2O5S/c1-30(27,28)18-9-4-8-17(13-18)23-21(25)19-12-15-6-2-3-7-16(15)14-24(19)22(26)20-10-5-11-29-20/h2-11,13,19H,12,14H2,1H3,(H,23,25). The summed E-state index contributed by atoms with van der Waals surface area (Å²) in [6.07, 6.45) is 2.87. The number of nitrogens with zero attached hydrogens (tertiary/aromatic N) is 1. The summed E-state index contributed by atoms with van der Waals surface area (Å²) in [5.41, 5.74) is 2.32. The van der Waals surface area contributed by atoms with E-state index in [9.17, 15) is 18.0 Å². The first-order valence-corrected chi connectivity index (χ1v) is 11.2. The minimum atomic E-state index is -3.41. The fraction of sp³-hybridized carbons (Fsp3) is 0.182. The Morgan fingerprint density at radius 1 is 1.03 bits per heavy atom. The van der Waals surface area contributed by atoms with Crippen LogP contribution in [0, 0.1) is 0 Å². The monoisotopic (exact) mass is 424 g/mol. The van der Waals surface area contributed by atoms with Crippen LogP contribution in [-0.4, -0.2) is 37.4 Å². The molecule has 7 nitrogen and oxygen atoms in total. The maximum absolute atomic E-state index is 13.1. The first-order valence-electron chi connectivity index (χ1n) is 9.35. The molecule has 154 valence electrons. The topological polar surface area (TPSA) is 96.7 Å². The smallest absolute Gasteiger partial charge is 0.290 e. The van der Waals surface area contributed by atoms with Gasteiger partial charge < -0.3 is 14.6 Å². The van der Waals surface area contributed by atoms with Crippen LogP contribution in [-0.2, 0) is 27.6 Å². The van der Waals surface area contributed by atoms with E-state index in [-0.39, 0.29) is 23.1 Å². The molecule has 1 aliphatic heterocycles. The highest BCUT2D eigenvalue weighted by atomic mass is 32.2. The van der Waals surface area contributed by atoms with Crippen molar-refractivity contribution in [1.82, 2.24) is 4.90 Å². The summed E-state index contributed by atoms with van der Waals surface area (Å²) in [6, 6.07) is 16.1. The zero-order valence-corrected chi connectivity index (χ0v) is 17.1. The van der Waals surface area contributed by atoms with Crippen molar-refractivity contribution in [3.63, 3.8) is 0 Å². The van der Waals surface area contributed by atoms with Crippen molar-refractivity contribution in [3.05, 3.63) is 83.8 Å². The van der Waals surface area contributed by atoms with E-state index < -0.39 is 21.8 Å². The van der Waals surface area contributed by atoms with Crippen LogP contribution >= 0.6 is 0 Å². The van der Waals surface area contributed by atoms with Crippen LogP contribution in [0.1, 0.15) is 21.7 Å². The van der Waals surface area contributed by atoms with Gasteiger partial charge >= 0.3 is 0 Å². The highest BCUT2D eigenvalue weighted by molar-refractivity contribution is 7.90. The molecule has 2 heterocycles. The predicted molar refractivity (Wildman–Crippen MR) is 111 cm³/mol. The highest BCUT2D eigenvalue weighted by Gasteiger charge is 2.36. The molecule has 8 heteroatoms. The van der Waals surface area contributed by atoms with Gasteiger partial charge in [-0.25, -0.2) is 8.42 Å². The van der Waals surface area contributed by atoms with Crippen LogP contribution in [0.3, 0.4) is 0 Å². The summed E-state index contributed by atoms with van der Waals surface area (Å²) in [4.78, 5) is 27.7. The molecule has 0 saturated heterocycles. The first-order chi connectivity index (χ1) is 14.3. The molecule has 0 bridgehead atoms. The minimum Gasteiger partial charge on any atom is -0.459 e. The van der Waals surface area contributed by atoms with E-state index in [0.717, 1.165) is 17.4 Å². The van der Waals surface area contributed by atoms with Crippen molar-refractivity contribution in [2.45, 2.75) is 23.9 Å². The molecule has 1 aromatic heterocycles. The lowest BCUT2D eigenvalue weighted by Crippen LogP contribution is -2.50. The number of anilines is 1. The van der Waals surface area contributed by atoms with Crippen molar-refractivity contribution in [1.29, 1.82) is 0 Å². The Morgan fingerprint density at radius 3 is 2.50 bits per heavy atom. The van der Waals surface area contributed by atoms with Gasteiger partial charge in [-0.1, -0.05) is 30.3 Å². The molecular formula is C22H20N2O5S. The lowest BCUT2D eigenvalue weighted by Gasteiger charge is -2.35. The fourth-order valence-electron chi connectivity index (χ4n) is 3.54. The summed E-state index contributed by atoms with van der Waals surface area (Å²) in [5, 5.41) is 2.76. The molecule has 0 spiro atoms. The largest absolute Gasteiger partial charge is 0.459 e. The van der Waals surface area contributed by atoms with Crippen LogP contribution in [0.2, 0.25) is 0 Å². The Bertz CT molecular complexity index is 1200. The lowest BCUT2D eigenvalue weighted by atomic mass is 9.93.